The third-order valence-electron chi connectivity index (χ3n) is 5.64. The summed E-state index contributed by atoms with van der Waals surface area (Å²) in [5, 5.41) is 9.29. The van der Waals surface area contributed by atoms with Crippen molar-refractivity contribution in [1.82, 2.24) is 4.98 Å². The summed E-state index contributed by atoms with van der Waals surface area (Å²) in [6.07, 6.45) is 9.00. The van der Waals surface area contributed by atoms with Gasteiger partial charge in [0.05, 0.1) is 5.56 Å². The fourth-order valence-electron chi connectivity index (χ4n) is 5.28. The van der Waals surface area contributed by atoms with Crippen LogP contribution in [0.2, 0.25) is 0 Å². The average molecular weight is 241 g/mol. The molecular weight excluding hydrogens is 222 g/mol. The van der Waals surface area contributed by atoms with Crippen LogP contribution in [-0.4, -0.2) is 4.98 Å². The van der Waals surface area contributed by atoms with Crippen molar-refractivity contribution in [2.24, 2.45) is 23.7 Å². The van der Waals surface area contributed by atoms with Gasteiger partial charge in [0.1, 0.15) is 11.9 Å². The van der Waals surface area contributed by atoms with Gasteiger partial charge in [-0.1, -0.05) is 0 Å². The Bertz CT molecular complexity index is 494. The van der Waals surface area contributed by atoms with E-state index in [0.29, 0.717) is 17.3 Å². The van der Waals surface area contributed by atoms with E-state index < -0.39 is 0 Å². The summed E-state index contributed by atoms with van der Waals surface area (Å²) in [4.78, 5) is 3.05. The van der Waals surface area contributed by atoms with Crippen LogP contribution in [0.15, 0.2) is 6.20 Å². The second-order valence-electron chi connectivity index (χ2n) is 6.60. The first-order valence-electron chi connectivity index (χ1n) is 7.13. The van der Waals surface area contributed by atoms with Gasteiger partial charge in [-0.15, -0.1) is 0 Å². The van der Waals surface area contributed by atoms with Crippen molar-refractivity contribution in [3.8, 4) is 6.07 Å². The molecular formula is C15H19N3. The van der Waals surface area contributed by atoms with Crippen LogP contribution in [0.5, 0.6) is 0 Å². The first-order valence-corrected chi connectivity index (χ1v) is 7.13. The summed E-state index contributed by atoms with van der Waals surface area (Å²) in [5.41, 5.74) is 7.79. The van der Waals surface area contributed by atoms with Crippen molar-refractivity contribution in [3.63, 3.8) is 0 Å². The fraction of sp³-hybridized carbons (Fsp3) is 0.667. The standard InChI is InChI=1S/C15H19N3/c16-6-12-13(7-18-15(12)17)14-10-2-8-1-9(4-10)5-11(14)3-8/h7-11,14,18H,1-5,17H2. The molecule has 18 heavy (non-hydrogen) atoms. The minimum absolute atomic E-state index is 0.557. The molecule has 1 aromatic rings. The molecule has 4 bridgehead atoms. The van der Waals surface area contributed by atoms with Crippen LogP contribution >= 0.6 is 0 Å². The van der Waals surface area contributed by atoms with Crippen molar-refractivity contribution in [3.05, 3.63) is 17.3 Å². The molecule has 1 heterocycles. The zero-order chi connectivity index (χ0) is 12.3. The SMILES string of the molecule is N#Cc1c(C2C3CC4CC(C3)CC2C4)c[nH]c1N. The Morgan fingerprint density at radius 1 is 1.11 bits per heavy atom. The lowest BCUT2D eigenvalue weighted by Gasteiger charge is -2.54. The first-order chi connectivity index (χ1) is 8.76. The molecule has 0 atom stereocenters. The van der Waals surface area contributed by atoms with E-state index in [2.05, 4.69) is 11.1 Å². The highest BCUT2D eigenvalue weighted by Gasteiger charge is 2.49. The van der Waals surface area contributed by atoms with Gasteiger partial charge >= 0.3 is 0 Å². The van der Waals surface area contributed by atoms with E-state index in [-0.39, 0.29) is 0 Å². The van der Waals surface area contributed by atoms with Gasteiger partial charge in [-0.25, -0.2) is 0 Å². The Labute approximate surface area is 107 Å². The number of nitrogens with two attached hydrogens (primary N) is 1. The molecule has 4 fully saturated rings. The molecule has 3 N–H and O–H groups in total. The molecule has 94 valence electrons. The van der Waals surface area contributed by atoms with Crippen LogP contribution in [0.4, 0.5) is 5.82 Å². The number of H-pyrrole nitrogens is 1. The maximum Gasteiger partial charge on any atom is 0.119 e. The van der Waals surface area contributed by atoms with Gasteiger partial charge in [-0.3, -0.25) is 0 Å². The van der Waals surface area contributed by atoms with Gasteiger partial charge in [-0.05, 0) is 67.3 Å². The van der Waals surface area contributed by atoms with Gasteiger partial charge in [0, 0.05) is 6.20 Å². The number of aromatic nitrogens is 1. The van der Waals surface area contributed by atoms with Crippen molar-refractivity contribution in [1.29, 1.82) is 5.26 Å². The largest absolute Gasteiger partial charge is 0.384 e. The van der Waals surface area contributed by atoms with E-state index >= 15 is 0 Å². The molecule has 0 saturated heterocycles. The lowest BCUT2D eigenvalue weighted by Crippen LogP contribution is -2.43. The Balaban J connectivity index is 1.75. The van der Waals surface area contributed by atoms with Crippen LogP contribution in [0.3, 0.4) is 0 Å². The van der Waals surface area contributed by atoms with Crippen LogP contribution in [0.25, 0.3) is 0 Å². The number of anilines is 1. The van der Waals surface area contributed by atoms with Gasteiger partial charge in [0.25, 0.3) is 0 Å². The van der Waals surface area contributed by atoms with Crippen LogP contribution in [0.1, 0.15) is 49.1 Å². The zero-order valence-electron chi connectivity index (χ0n) is 10.5. The summed E-state index contributed by atoms with van der Waals surface area (Å²) in [7, 11) is 0. The molecule has 0 amide bonds. The van der Waals surface area contributed by atoms with E-state index in [0.717, 1.165) is 23.7 Å². The van der Waals surface area contributed by atoms with Crippen LogP contribution < -0.4 is 5.73 Å². The number of hydrogen-bond donors (Lipinski definition) is 2. The van der Waals surface area contributed by atoms with E-state index in [1.165, 1.54) is 37.7 Å². The minimum atomic E-state index is 0.557. The maximum atomic E-state index is 9.29. The van der Waals surface area contributed by atoms with Crippen molar-refractivity contribution < 1.29 is 0 Å². The molecule has 4 saturated carbocycles. The molecule has 3 heteroatoms. The number of nitriles is 1. The topological polar surface area (TPSA) is 65.6 Å². The summed E-state index contributed by atoms with van der Waals surface area (Å²) < 4.78 is 0. The normalized spacial score (nSPS) is 40.9. The average Bonchev–Trinajstić information content (AvgIpc) is 2.69. The van der Waals surface area contributed by atoms with E-state index in [4.69, 9.17) is 5.73 Å². The second-order valence-corrected chi connectivity index (χ2v) is 6.60. The van der Waals surface area contributed by atoms with Gasteiger partial charge < -0.3 is 10.7 Å². The Morgan fingerprint density at radius 2 is 1.72 bits per heavy atom. The number of nitrogens with zero attached hydrogens (tertiary/aromatic N) is 1. The number of rotatable bonds is 1. The monoisotopic (exact) mass is 241 g/mol. The molecule has 0 unspecified atom stereocenters. The van der Waals surface area contributed by atoms with Gasteiger partial charge in [0.2, 0.25) is 0 Å². The van der Waals surface area contributed by atoms with Crippen molar-refractivity contribution in [2.45, 2.75) is 38.0 Å². The highest BCUT2D eigenvalue weighted by atomic mass is 14.8. The Kier molecular flexibility index (Phi) is 2.06. The number of hydrogen-bond acceptors (Lipinski definition) is 2. The maximum absolute atomic E-state index is 9.29. The van der Waals surface area contributed by atoms with E-state index in [9.17, 15) is 5.26 Å². The van der Waals surface area contributed by atoms with Crippen molar-refractivity contribution >= 4 is 5.82 Å². The first kappa shape index (κ1) is 10.5. The fourth-order valence-corrected chi connectivity index (χ4v) is 5.28. The molecule has 4 aliphatic carbocycles. The quantitative estimate of drug-likeness (QED) is 0.793. The number of nitrogens with one attached hydrogen (secondary N) is 1. The third kappa shape index (κ3) is 1.29. The lowest BCUT2D eigenvalue weighted by molar-refractivity contribution is -0.00280. The van der Waals surface area contributed by atoms with Crippen LogP contribution in [0, 0.1) is 35.0 Å². The number of nitrogen functional groups attached to an aromatic ring is 1. The smallest absolute Gasteiger partial charge is 0.119 e. The lowest BCUT2D eigenvalue weighted by atomic mass is 9.50. The Hall–Kier alpha value is -1.43. The summed E-state index contributed by atoms with van der Waals surface area (Å²) in [6, 6.07) is 2.30. The molecule has 4 aliphatic rings. The molecule has 5 rings (SSSR count). The summed E-state index contributed by atoms with van der Waals surface area (Å²) >= 11 is 0. The molecule has 0 aliphatic heterocycles. The zero-order valence-corrected chi connectivity index (χ0v) is 10.5. The summed E-state index contributed by atoms with van der Waals surface area (Å²) in [5.74, 6) is 4.73. The summed E-state index contributed by atoms with van der Waals surface area (Å²) in [6.45, 7) is 0. The highest BCUT2D eigenvalue weighted by molar-refractivity contribution is 5.55. The highest BCUT2D eigenvalue weighted by Crippen LogP contribution is 2.60. The third-order valence-corrected chi connectivity index (χ3v) is 5.64. The Morgan fingerprint density at radius 3 is 2.28 bits per heavy atom. The molecule has 0 spiro atoms. The molecule has 0 aromatic carbocycles. The van der Waals surface area contributed by atoms with Crippen molar-refractivity contribution in [2.75, 3.05) is 5.73 Å². The predicted octanol–water partition coefficient (Wildman–Crippen LogP) is 3.01. The van der Waals surface area contributed by atoms with Crippen LogP contribution in [-0.2, 0) is 0 Å². The predicted molar refractivity (Wildman–Crippen MR) is 69.7 cm³/mol. The second kappa shape index (κ2) is 3.54. The number of aromatic amines is 1. The molecule has 3 nitrogen and oxygen atoms in total. The van der Waals surface area contributed by atoms with E-state index in [1.54, 1.807) is 0 Å². The molecule has 0 radical (unpaired) electrons. The van der Waals surface area contributed by atoms with E-state index in [1.807, 2.05) is 6.20 Å². The van der Waals surface area contributed by atoms with Gasteiger partial charge in [0.15, 0.2) is 0 Å². The van der Waals surface area contributed by atoms with Gasteiger partial charge in [-0.2, -0.15) is 5.26 Å². The molecule has 1 aromatic heterocycles. The minimum Gasteiger partial charge on any atom is -0.384 e.